The second-order valence-electron chi connectivity index (χ2n) is 2.42. The first-order valence-corrected chi connectivity index (χ1v) is 4.50. The number of nitrogens with two attached hydrogens (primary N) is 1. The summed E-state index contributed by atoms with van der Waals surface area (Å²) in [5, 5.41) is 0. The van der Waals surface area contributed by atoms with Crippen LogP contribution in [0.5, 0.6) is 0 Å². The Morgan fingerprint density at radius 3 is 1.91 bits per heavy atom. The summed E-state index contributed by atoms with van der Waals surface area (Å²) in [7, 11) is 1.71. The summed E-state index contributed by atoms with van der Waals surface area (Å²) in [5.74, 6) is 0. The van der Waals surface area contributed by atoms with Gasteiger partial charge in [0, 0.05) is 13.2 Å². The molecule has 2 atom stereocenters. The van der Waals surface area contributed by atoms with E-state index >= 15 is 0 Å². The van der Waals surface area contributed by atoms with Gasteiger partial charge in [-0.1, -0.05) is 27.2 Å². The van der Waals surface area contributed by atoms with Crippen molar-refractivity contribution in [2.24, 2.45) is 5.73 Å². The maximum Gasteiger partial charge on any atom is 0.0719 e. The van der Waals surface area contributed by atoms with Crippen molar-refractivity contribution >= 4 is 0 Å². The van der Waals surface area contributed by atoms with Crippen LogP contribution in [0.4, 0.5) is 0 Å². The van der Waals surface area contributed by atoms with Crippen molar-refractivity contribution in [1.29, 1.82) is 0 Å². The number of methoxy groups -OCH3 is 1. The Kier molecular flexibility index (Phi) is 12.2. The molecule has 0 aromatic heterocycles. The van der Waals surface area contributed by atoms with E-state index in [1.165, 1.54) is 0 Å². The Hall–Kier alpha value is -0.0800. The molecular formula is C9H23NO. The maximum absolute atomic E-state index is 5.61. The molecule has 2 nitrogen and oxygen atoms in total. The molecule has 11 heavy (non-hydrogen) atoms. The highest BCUT2D eigenvalue weighted by atomic mass is 16.5. The van der Waals surface area contributed by atoms with E-state index in [1.807, 2.05) is 20.8 Å². The van der Waals surface area contributed by atoms with Crippen LogP contribution in [-0.4, -0.2) is 19.3 Å². The van der Waals surface area contributed by atoms with Crippen LogP contribution < -0.4 is 5.73 Å². The van der Waals surface area contributed by atoms with Gasteiger partial charge in [-0.15, -0.1) is 0 Å². The van der Waals surface area contributed by atoms with E-state index in [0.29, 0.717) is 0 Å². The first kappa shape index (κ1) is 13.5. The molecule has 0 amide bonds. The van der Waals surface area contributed by atoms with Crippen LogP contribution >= 0.6 is 0 Å². The van der Waals surface area contributed by atoms with Crippen LogP contribution in [-0.2, 0) is 4.74 Å². The summed E-state index contributed by atoms with van der Waals surface area (Å²) in [4.78, 5) is 0. The predicted octanol–water partition coefficient (Wildman–Crippen LogP) is 2.17. The lowest BCUT2D eigenvalue weighted by atomic mass is 10.1. The monoisotopic (exact) mass is 161 g/mol. The summed E-state index contributed by atoms with van der Waals surface area (Å²) in [6, 6.07) is 0.162. The van der Waals surface area contributed by atoms with Crippen molar-refractivity contribution in [1.82, 2.24) is 0 Å². The Morgan fingerprint density at radius 1 is 1.36 bits per heavy atom. The quantitative estimate of drug-likeness (QED) is 0.686. The zero-order chi connectivity index (χ0) is 9.28. The molecule has 2 N–H and O–H groups in total. The van der Waals surface area contributed by atoms with E-state index in [-0.39, 0.29) is 12.1 Å². The van der Waals surface area contributed by atoms with Gasteiger partial charge in [-0.2, -0.15) is 0 Å². The van der Waals surface area contributed by atoms with Gasteiger partial charge in [0.1, 0.15) is 0 Å². The van der Waals surface area contributed by atoms with E-state index in [9.17, 15) is 0 Å². The molecule has 0 radical (unpaired) electrons. The molecule has 0 aromatic carbocycles. The van der Waals surface area contributed by atoms with Crippen LogP contribution in [0.15, 0.2) is 0 Å². The average Bonchev–Trinajstić information content (AvgIpc) is 2.03. The molecule has 0 saturated heterocycles. The molecule has 0 heterocycles. The molecule has 0 aliphatic rings. The first-order valence-electron chi connectivity index (χ1n) is 4.50. The van der Waals surface area contributed by atoms with Gasteiger partial charge in [0.15, 0.2) is 0 Å². The van der Waals surface area contributed by atoms with Crippen molar-refractivity contribution in [2.75, 3.05) is 7.11 Å². The summed E-state index contributed by atoms with van der Waals surface area (Å²) in [5.41, 5.74) is 5.61. The Labute approximate surface area is 71.1 Å². The molecule has 0 rings (SSSR count). The molecular weight excluding hydrogens is 138 g/mol. The third kappa shape index (κ3) is 7.82. The zero-order valence-electron chi connectivity index (χ0n) is 8.55. The largest absolute Gasteiger partial charge is 0.380 e. The SMILES string of the molecule is CC.CCCC(OC)C(C)N. The van der Waals surface area contributed by atoms with Gasteiger partial charge >= 0.3 is 0 Å². The normalized spacial score (nSPS) is 14.7. The highest BCUT2D eigenvalue weighted by molar-refractivity contribution is 4.66. The fourth-order valence-corrected chi connectivity index (χ4v) is 0.880. The van der Waals surface area contributed by atoms with Crippen LogP contribution in [0.1, 0.15) is 40.5 Å². The van der Waals surface area contributed by atoms with Crippen LogP contribution in [0.2, 0.25) is 0 Å². The van der Waals surface area contributed by atoms with Gasteiger partial charge in [0.2, 0.25) is 0 Å². The molecule has 70 valence electrons. The molecule has 0 aliphatic heterocycles. The fraction of sp³-hybridized carbons (Fsp3) is 1.00. The second kappa shape index (κ2) is 9.92. The lowest BCUT2D eigenvalue weighted by molar-refractivity contribution is 0.0775. The van der Waals surface area contributed by atoms with Gasteiger partial charge < -0.3 is 10.5 Å². The van der Waals surface area contributed by atoms with E-state index in [0.717, 1.165) is 12.8 Å². The van der Waals surface area contributed by atoms with Gasteiger partial charge in [-0.05, 0) is 13.3 Å². The Morgan fingerprint density at radius 2 is 1.82 bits per heavy atom. The predicted molar refractivity (Wildman–Crippen MR) is 50.7 cm³/mol. The summed E-state index contributed by atoms with van der Waals surface area (Å²) >= 11 is 0. The minimum absolute atomic E-state index is 0.162. The maximum atomic E-state index is 5.61. The highest BCUT2D eigenvalue weighted by Crippen LogP contribution is 2.03. The third-order valence-corrected chi connectivity index (χ3v) is 1.46. The van der Waals surface area contributed by atoms with E-state index in [4.69, 9.17) is 10.5 Å². The number of hydrogen-bond donors (Lipinski definition) is 1. The van der Waals surface area contributed by atoms with Crippen molar-refractivity contribution in [3.8, 4) is 0 Å². The van der Waals surface area contributed by atoms with Gasteiger partial charge in [0.25, 0.3) is 0 Å². The Bertz CT molecular complexity index is 64.6. The highest BCUT2D eigenvalue weighted by Gasteiger charge is 2.09. The molecule has 0 spiro atoms. The fourth-order valence-electron chi connectivity index (χ4n) is 0.880. The lowest BCUT2D eigenvalue weighted by Crippen LogP contribution is -2.32. The molecule has 0 fully saturated rings. The molecule has 0 saturated carbocycles. The van der Waals surface area contributed by atoms with E-state index in [2.05, 4.69) is 6.92 Å². The molecule has 0 aliphatic carbocycles. The number of rotatable bonds is 4. The molecule has 2 heteroatoms. The smallest absolute Gasteiger partial charge is 0.0719 e. The number of hydrogen-bond acceptors (Lipinski definition) is 2. The standard InChI is InChI=1S/C7H17NO.C2H6/c1-4-5-7(9-3)6(2)8;1-2/h6-7H,4-5,8H2,1-3H3;1-2H3. The lowest BCUT2D eigenvalue weighted by Gasteiger charge is -2.17. The van der Waals surface area contributed by atoms with E-state index in [1.54, 1.807) is 7.11 Å². The summed E-state index contributed by atoms with van der Waals surface area (Å²) < 4.78 is 5.13. The molecule has 2 unspecified atom stereocenters. The molecule has 0 aromatic rings. The topological polar surface area (TPSA) is 35.2 Å². The zero-order valence-corrected chi connectivity index (χ0v) is 8.55. The average molecular weight is 161 g/mol. The minimum Gasteiger partial charge on any atom is -0.380 e. The van der Waals surface area contributed by atoms with Crippen molar-refractivity contribution < 1.29 is 4.74 Å². The van der Waals surface area contributed by atoms with E-state index < -0.39 is 0 Å². The van der Waals surface area contributed by atoms with Gasteiger partial charge in [0.05, 0.1) is 6.10 Å². The number of ether oxygens (including phenoxy) is 1. The third-order valence-electron chi connectivity index (χ3n) is 1.46. The summed E-state index contributed by atoms with van der Waals surface area (Å²) in [6.07, 6.45) is 2.45. The van der Waals surface area contributed by atoms with Crippen LogP contribution in [0.25, 0.3) is 0 Å². The first-order chi connectivity index (χ1) is 5.22. The minimum atomic E-state index is 0.162. The van der Waals surface area contributed by atoms with Crippen molar-refractivity contribution in [2.45, 2.75) is 52.7 Å². The second-order valence-corrected chi connectivity index (χ2v) is 2.42. The van der Waals surface area contributed by atoms with Crippen molar-refractivity contribution in [3.05, 3.63) is 0 Å². The van der Waals surface area contributed by atoms with Gasteiger partial charge in [-0.3, -0.25) is 0 Å². The van der Waals surface area contributed by atoms with Crippen molar-refractivity contribution in [3.63, 3.8) is 0 Å². The Balaban J connectivity index is 0. The van der Waals surface area contributed by atoms with Crippen LogP contribution in [0.3, 0.4) is 0 Å². The molecule has 0 bridgehead atoms. The summed E-state index contributed by atoms with van der Waals surface area (Å²) in [6.45, 7) is 8.11. The van der Waals surface area contributed by atoms with Crippen LogP contribution in [0, 0.1) is 0 Å². The van der Waals surface area contributed by atoms with Gasteiger partial charge in [-0.25, -0.2) is 0 Å².